The summed E-state index contributed by atoms with van der Waals surface area (Å²) in [6, 6.07) is 8.84. The number of hydrogen-bond donors (Lipinski definition) is 0. The molecule has 0 radical (unpaired) electrons. The molecule has 3 nitrogen and oxygen atoms in total. The van der Waals surface area contributed by atoms with E-state index in [4.69, 9.17) is 0 Å². The van der Waals surface area contributed by atoms with E-state index in [1.54, 1.807) is 0 Å². The van der Waals surface area contributed by atoms with Gasteiger partial charge in [-0.15, -0.1) is 0 Å². The Labute approximate surface area is 152 Å². The maximum Gasteiger partial charge on any atom is 0.222 e. The Morgan fingerprint density at radius 1 is 1.08 bits per heavy atom. The van der Waals surface area contributed by atoms with Crippen LogP contribution in [0.2, 0.25) is 0 Å². The second kappa shape index (κ2) is 7.49. The lowest BCUT2D eigenvalue weighted by molar-refractivity contribution is -0.131. The number of carbonyl (C=O) groups is 1. The fourth-order valence-corrected chi connectivity index (χ4v) is 5.23. The van der Waals surface area contributed by atoms with Gasteiger partial charge >= 0.3 is 0 Å². The zero-order chi connectivity index (χ0) is 17.2. The maximum atomic E-state index is 12.7. The molecular formula is C22H32N2O. The van der Waals surface area contributed by atoms with Crippen LogP contribution in [0.3, 0.4) is 0 Å². The first-order valence-corrected chi connectivity index (χ1v) is 10.2. The quantitative estimate of drug-likeness (QED) is 0.831. The van der Waals surface area contributed by atoms with Gasteiger partial charge in [0.25, 0.3) is 0 Å². The lowest BCUT2D eigenvalue weighted by Crippen LogP contribution is -2.36. The van der Waals surface area contributed by atoms with Crippen molar-refractivity contribution in [3.63, 3.8) is 0 Å². The minimum atomic E-state index is 0.437. The molecule has 2 atom stereocenters. The van der Waals surface area contributed by atoms with Crippen LogP contribution in [0.1, 0.15) is 49.7 Å². The lowest BCUT2D eigenvalue weighted by Gasteiger charge is -2.32. The maximum absolute atomic E-state index is 12.7. The highest BCUT2D eigenvalue weighted by Crippen LogP contribution is 2.38. The molecule has 3 aliphatic rings. The first-order chi connectivity index (χ1) is 12.2. The molecule has 1 saturated carbocycles. The standard InChI is InChI=1S/C22H32N2O/c1-17-4-2-5-19(12-17)14-23-10-8-18(9-11-23)13-22(25)24-15-20-6-3-7-21(20)16-24/h2,4-5,12,18,20-21H,3,6-11,13-16H2,1H3. The molecule has 136 valence electrons. The number of benzene rings is 1. The molecule has 25 heavy (non-hydrogen) atoms. The highest BCUT2D eigenvalue weighted by molar-refractivity contribution is 5.76. The van der Waals surface area contributed by atoms with Crippen LogP contribution in [0, 0.1) is 24.7 Å². The Bertz CT molecular complexity index is 594. The Morgan fingerprint density at radius 3 is 2.48 bits per heavy atom. The second-order valence-corrected chi connectivity index (χ2v) is 8.66. The molecule has 0 spiro atoms. The van der Waals surface area contributed by atoms with Gasteiger partial charge in [-0.1, -0.05) is 36.2 Å². The van der Waals surface area contributed by atoms with E-state index < -0.39 is 0 Å². The third-order valence-corrected chi connectivity index (χ3v) is 6.74. The van der Waals surface area contributed by atoms with Crippen LogP contribution in [-0.4, -0.2) is 41.9 Å². The molecule has 0 bridgehead atoms. The van der Waals surface area contributed by atoms with Gasteiger partial charge in [0.1, 0.15) is 0 Å². The molecule has 2 saturated heterocycles. The molecule has 1 aromatic carbocycles. The first kappa shape index (κ1) is 17.1. The van der Waals surface area contributed by atoms with E-state index >= 15 is 0 Å². The third kappa shape index (κ3) is 4.08. The predicted molar refractivity (Wildman–Crippen MR) is 101 cm³/mol. The highest BCUT2D eigenvalue weighted by Gasteiger charge is 2.38. The second-order valence-electron chi connectivity index (χ2n) is 8.66. The molecule has 3 fully saturated rings. The predicted octanol–water partition coefficient (Wildman–Crippen LogP) is 3.86. The van der Waals surface area contributed by atoms with Crippen LogP contribution in [-0.2, 0) is 11.3 Å². The van der Waals surface area contributed by atoms with Crippen LogP contribution < -0.4 is 0 Å². The highest BCUT2D eigenvalue weighted by atomic mass is 16.2. The van der Waals surface area contributed by atoms with E-state index in [9.17, 15) is 4.79 Å². The SMILES string of the molecule is Cc1cccc(CN2CCC(CC(=O)N3CC4CCCC4C3)CC2)c1. The fourth-order valence-electron chi connectivity index (χ4n) is 5.23. The molecular weight excluding hydrogens is 308 g/mol. The number of carbonyl (C=O) groups excluding carboxylic acids is 1. The minimum absolute atomic E-state index is 0.437. The van der Waals surface area contributed by atoms with E-state index in [2.05, 4.69) is 41.0 Å². The van der Waals surface area contributed by atoms with Gasteiger partial charge in [-0.05, 0) is 69.0 Å². The fraction of sp³-hybridized carbons (Fsp3) is 0.682. The number of hydrogen-bond acceptors (Lipinski definition) is 2. The molecule has 3 heteroatoms. The molecule has 0 aromatic heterocycles. The van der Waals surface area contributed by atoms with Crippen molar-refractivity contribution < 1.29 is 4.79 Å². The minimum Gasteiger partial charge on any atom is -0.342 e. The van der Waals surface area contributed by atoms with Crippen molar-refractivity contribution in [1.29, 1.82) is 0 Å². The summed E-state index contributed by atoms with van der Waals surface area (Å²) in [7, 11) is 0. The topological polar surface area (TPSA) is 23.6 Å². The summed E-state index contributed by atoms with van der Waals surface area (Å²) in [5, 5.41) is 0. The van der Waals surface area contributed by atoms with Crippen molar-refractivity contribution >= 4 is 5.91 Å². The molecule has 4 rings (SSSR count). The zero-order valence-electron chi connectivity index (χ0n) is 15.6. The molecule has 1 aliphatic carbocycles. The third-order valence-electron chi connectivity index (χ3n) is 6.74. The average molecular weight is 341 g/mol. The van der Waals surface area contributed by atoms with Gasteiger partial charge in [0, 0.05) is 26.1 Å². The Hall–Kier alpha value is -1.35. The summed E-state index contributed by atoms with van der Waals surface area (Å²) in [5.41, 5.74) is 2.76. The zero-order valence-corrected chi connectivity index (χ0v) is 15.6. The van der Waals surface area contributed by atoms with Gasteiger partial charge in [0.05, 0.1) is 0 Å². The monoisotopic (exact) mass is 340 g/mol. The Balaban J connectivity index is 1.22. The summed E-state index contributed by atoms with van der Waals surface area (Å²) >= 11 is 0. The summed E-state index contributed by atoms with van der Waals surface area (Å²) in [6.07, 6.45) is 7.24. The summed E-state index contributed by atoms with van der Waals surface area (Å²) in [5.74, 6) is 2.67. The van der Waals surface area contributed by atoms with Gasteiger partial charge < -0.3 is 4.90 Å². The van der Waals surface area contributed by atoms with Crippen molar-refractivity contribution in [2.75, 3.05) is 26.2 Å². The van der Waals surface area contributed by atoms with Crippen molar-refractivity contribution in [2.24, 2.45) is 17.8 Å². The van der Waals surface area contributed by atoms with E-state index in [-0.39, 0.29) is 0 Å². The smallest absolute Gasteiger partial charge is 0.222 e. The Morgan fingerprint density at radius 2 is 1.80 bits per heavy atom. The van der Waals surface area contributed by atoms with E-state index in [0.717, 1.165) is 51.0 Å². The van der Waals surface area contributed by atoms with Gasteiger partial charge in [-0.25, -0.2) is 0 Å². The summed E-state index contributed by atoms with van der Waals surface area (Å²) < 4.78 is 0. The van der Waals surface area contributed by atoms with Gasteiger partial charge in [0.15, 0.2) is 0 Å². The Kier molecular flexibility index (Phi) is 5.12. The van der Waals surface area contributed by atoms with Gasteiger partial charge in [-0.3, -0.25) is 9.69 Å². The van der Waals surface area contributed by atoms with Crippen LogP contribution in [0.25, 0.3) is 0 Å². The van der Waals surface area contributed by atoms with Crippen LogP contribution in [0.15, 0.2) is 24.3 Å². The van der Waals surface area contributed by atoms with Crippen LogP contribution >= 0.6 is 0 Å². The van der Waals surface area contributed by atoms with Crippen molar-refractivity contribution in [1.82, 2.24) is 9.80 Å². The first-order valence-electron chi connectivity index (χ1n) is 10.2. The summed E-state index contributed by atoms with van der Waals surface area (Å²) in [4.78, 5) is 17.4. The molecule has 1 amide bonds. The molecule has 2 unspecified atom stereocenters. The number of likely N-dealkylation sites (tertiary alicyclic amines) is 2. The van der Waals surface area contributed by atoms with E-state index in [0.29, 0.717) is 11.8 Å². The number of aryl methyl sites for hydroxylation is 1. The molecule has 1 aromatic rings. The molecule has 2 aliphatic heterocycles. The molecule has 0 N–H and O–H groups in total. The van der Waals surface area contributed by atoms with Crippen LogP contribution in [0.5, 0.6) is 0 Å². The number of fused-ring (bicyclic) bond motifs is 1. The lowest BCUT2D eigenvalue weighted by atomic mass is 9.92. The van der Waals surface area contributed by atoms with Crippen molar-refractivity contribution in [3.05, 3.63) is 35.4 Å². The number of piperidine rings is 1. The van der Waals surface area contributed by atoms with Gasteiger partial charge in [-0.2, -0.15) is 0 Å². The van der Waals surface area contributed by atoms with Gasteiger partial charge in [0.2, 0.25) is 5.91 Å². The van der Waals surface area contributed by atoms with Crippen molar-refractivity contribution in [2.45, 2.75) is 52.0 Å². The van der Waals surface area contributed by atoms with E-state index in [1.165, 1.54) is 43.2 Å². The number of nitrogens with zero attached hydrogens (tertiary/aromatic N) is 2. The van der Waals surface area contributed by atoms with E-state index in [1.807, 2.05) is 0 Å². The normalized spacial score (nSPS) is 27.6. The van der Waals surface area contributed by atoms with Crippen molar-refractivity contribution in [3.8, 4) is 0 Å². The molecule has 2 heterocycles. The average Bonchev–Trinajstić information content (AvgIpc) is 3.18. The number of rotatable bonds is 4. The summed E-state index contributed by atoms with van der Waals surface area (Å²) in [6.45, 7) is 7.59. The van der Waals surface area contributed by atoms with Crippen LogP contribution in [0.4, 0.5) is 0 Å². The number of amides is 1. The largest absolute Gasteiger partial charge is 0.342 e.